The largest absolute Gasteiger partial charge is 0.460 e. The third-order valence-corrected chi connectivity index (χ3v) is 5.50. The zero-order valence-electron chi connectivity index (χ0n) is 16.2. The number of hydrogen-bond donors (Lipinski definition) is 1. The van der Waals surface area contributed by atoms with Gasteiger partial charge in [0.15, 0.2) is 0 Å². The van der Waals surface area contributed by atoms with Crippen molar-refractivity contribution in [3.8, 4) is 5.75 Å². The molecule has 1 aliphatic rings. The number of hydrogen-bond acceptors (Lipinski definition) is 4. The molecule has 4 nitrogen and oxygen atoms in total. The van der Waals surface area contributed by atoms with E-state index in [2.05, 4.69) is 12.2 Å². The van der Waals surface area contributed by atoms with Gasteiger partial charge in [-0.05, 0) is 25.5 Å². The Hall–Kier alpha value is -2.05. The first-order chi connectivity index (χ1) is 13.6. The molecule has 1 heterocycles. The Balaban J connectivity index is 1.64. The van der Waals surface area contributed by atoms with Crippen LogP contribution in [0.5, 0.6) is 5.75 Å². The maximum atomic E-state index is 14.0. The Morgan fingerprint density at radius 3 is 2.86 bits per heavy atom. The van der Waals surface area contributed by atoms with Crippen molar-refractivity contribution in [3.63, 3.8) is 0 Å². The van der Waals surface area contributed by atoms with Gasteiger partial charge >= 0.3 is 0 Å². The predicted molar refractivity (Wildman–Crippen MR) is 110 cm³/mol. The van der Waals surface area contributed by atoms with Gasteiger partial charge in [0.1, 0.15) is 11.6 Å². The summed E-state index contributed by atoms with van der Waals surface area (Å²) >= 11 is 1.45. The number of rotatable bonds is 8. The minimum absolute atomic E-state index is 0.00244. The lowest BCUT2D eigenvalue weighted by molar-refractivity contribution is -0.119. The number of carbonyl (C=O) groups is 1. The van der Waals surface area contributed by atoms with E-state index in [1.807, 2.05) is 37.3 Å². The van der Waals surface area contributed by atoms with Crippen LogP contribution in [0.2, 0.25) is 0 Å². The molecule has 6 heteroatoms. The minimum atomic E-state index is -0.513. The second kappa shape index (κ2) is 9.94. The van der Waals surface area contributed by atoms with Crippen molar-refractivity contribution in [2.45, 2.75) is 51.4 Å². The van der Waals surface area contributed by atoms with Gasteiger partial charge in [-0.1, -0.05) is 43.7 Å². The number of fused-ring (bicyclic) bond motifs is 1. The molecular weight excluding hydrogens is 377 g/mol. The molecule has 2 aromatic carbocycles. The molecule has 150 valence electrons. The van der Waals surface area contributed by atoms with Crippen LogP contribution in [0.1, 0.15) is 49.7 Å². The molecule has 2 atom stereocenters. The number of thioether (sulfide) groups is 1. The van der Waals surface area contributed by atoms with Gasteiger partial charge in [0.05, 0.1) is 12.4 Å². The summed E-state index contributed by atoms with van der Waals surface area (Å²) < 4.78 is 25.8. The maximum absolute atomic E-state index is 14.0. The molecule has 0 saturated carbocycles. The second-order valence-corrected chi connectivity index (χ2v) is 7.96. The summed E-state index contributed by atoms with van der Waals surface area (Å²) in [6, 6.07) is 12.8. The van der Waals surface area contributed by atoms with Gasteiger partial charge in [-0.2, -0.15) is 0 Å². The number of nitrogens with one attached hydrogen (secondary N) is 1. The zero-order chi connectivity index (χ0) is 19.9. The van der Waals surface area contributed by atoms with Gasteiger partial charge in [0.25, 0.3) is 0 Å². The van der Waals surface area contributed by atoms with Crippen molar-refractivity contribution in [2.24, 2.45) is 0 Å². The number of halogens is 1. The normalized spacial score (nSPS) is 16.8. The van der Waals surface area contributed by atoms with E-state index in [9.17, 15) is 9.18 Å². The molecule has 3 rings (SSSR count). The summed E-state index contributed by atoms with van der Waals surface area (Å²) in [7, 11) is 0. The van der Waals surface area contributed by atoms with E-state index in [1.165, 1.54) is 23.9 Å². The van der Waals surface area contributed by atoms with Crippen LogP contribution in [0, 0.1) is 5.82 Å². The number of amides is 1. The first-order valence-electron chi connectivity index (χ1n) is 9.58. The average Bonchev–Trinajstić information content (AvgIpc) is 2.68. The quantitative estimate of drug-likeness (QED) is 0.676. The van der Waals surface area contributed by atoms with Crippen molar-refractivity contribution in [1.29, 1.82) is 0 Å². The summed E-state index contributed by atoms with van der Waals surface area (Å²) in [4.78, 5) is 12.1. The fraction of sp³-hybridized carbons (Fsp3) is 0.409. The molecule has 0 saturated heterocycles. The van der Waals surface area contributed by atoms with Crippen LogP contribution in [0.4, 0.5) is 4.39 Å². The van der Waals surface area contributed by atoms with Crippen molar-refractivity contribution in [3.05, 3.63) is 65.0 Å². The topological polar surface area (TPSA) is 47.6 Å². The Morgan fingerprint density at radius 1 is 1.32 bits per heavy atom. The number of carbonyl (C=O) groups excluding carboxylic acids is 1. The van der Waals surface area contributed by atoms with Crippen molar-refractivity contribution in [1.82, 2.24) is 5.32 Å². The van der Waals surface area contributed by atoms with Crippen molar-refractivity contribution < 1.29 is 18.7 Å². The van der Waals surface area contributed by atoms with E-state index in [-0.39, 0.29) is 17.8 Å². The molecule has 1 aliphatic heterocycles. The number of benzene rings is 2. The van der Waals surface area contributed by atoms with Crippen molar-refractivity contribution >= 4 is 17.7 Å². The third-order valence-electron chi connectivity index (χ3n) is 4.51. The number of ether oxygens (including phenoxy) is 2. The highest BCUT2D eigenvalue weighted by Gasteiger charge is 2.25. The summed E-state index contributed by atoms with van der Waals surface area (Å²) in [5, 5.41) is 2.98. The molecule has 0 aliphatic carbocycles. The molecule has 0 bridgehead atoms. The molecule has 1 N–H and O–H groups in total. The van der Waals surface area contributed by atoms with Crippen LogP contribution >= 0.6 is 11.8 Å². The molecule has 0 unspecified atom stereocenters. The Morgan fingerprint density at radius 2 is 2.11 bits per heavy atom. The van der Waals surface area contributed by atoms with Crippen LogP contribution in [0.15, 0.2) is 42.5 Å². The van der Waals surface area contributed by atoms with E-state index in [4.69, 9.17) is 9.47 Å². The zero-order valence-corrected chi connectivity index (χ0v) is 17.1. The minimum Gasteiger partial charge on any atom is -0.460 e. The van der Waals surface area contributed by atoms with Gasteiger partial charge in [0.2, 0.25) is 12.2 Å². The summed E-state index contributed by atoms with van der Waals surface area (Å²) in [6.45, 7) is 4.39. The van der Waals surface area contributed by atoms with Crippen LogP contribution < -0.4 is 10.1 Å². The molecule has 0 spiro atoms. The van der Waals surface area contributed by atoms with Crippen LogP contribution in [0.3, 0.4) is 0 Å². The van der Waals surface area contributed by atoms with Gasteiger partial charge in [0, 0.05) is 28.5 Å². The van der Waals surface area contributed by atoms with E-state index >= 15 is 0 Å². The fourth-order valence-electron chi connectivity index (χ4n) is 3.23. The lowest BCUT2D eigenvalue weighted by Gasteiger charge is -2.28. The maximum Gasteiger partial charge on any atom is 0.230 e. The first-order valence-corrected chi connectivity index (χ1v) is 10.7. The average molecular weight is 404 g/mol. The van der Waals surface area contributed by atoms with E-state index in [1.54, 1.807) is 0 Å². The molecular formula is C22H26FNO3S. The molecule has 0 fully saturated rings. The summed E-state index contributed by atoms with van der Waals surface area (Å²) in [5.41, 5.74) is 2.36. The SMILES string of the molecule is CCC[C@@H](C)NC(=O)CSCc1cc(F)cc2c1O[C@H](c1ccccc1)OC2. The highest BCUT2D eigenvalue weighted by atomic mass is 32.2. The highest BCUT2D eigenvalue weighted by Crippen LogP contribution is 2.37. The van der Waals surface area contributed by atoms with Crippen LogP contribution in [0.25, 0.3) is 0 Å². The van der Waals surface area contributed by atoms with E-state index in [0.29, 0.717) is 29.4 Å². The molecule has 2 aromatic rings. The molecule has 1 amide bonds. The van der Waals surface area contributed by atoms with Crippen LogP contribution in [-0.2, 0) is 21.9 Å². The van der Waals surface area contributed by atoms with E-state index < -0.39 is 6.29 Å². The predicted octanol–water partition coefficient (Wildman–Crippen LogP) is 4.97. The Bertz CT molecular complexity index is 800. The van der Waals surface area contributed by atoms with Gasteiger partial charge in [-0.15, -0.1) is 11.8 Å². The summed E-state index contributed by atoms with van der Waals surface area (Å²) in [5.74, 6) is 1.17. The lowest BCUT2D eigenvalue weighted by atomic mass is 10.1. The van der Waals surface area contributed by atoms with Gasteiger partial charge in [-0.25, -0.2) is 4.39 Å². The lowest BCUT2D eigenvalue weighted by Crippen LogP contribution is -2.33. The first kappa shape index (κ1) is 20.7. The summed E-state index contributed by atoms with van der Waals surface area (Å²) in [6.07, 6.45) is 1.48. The highest BCUT2D eigenvalue weighted by molar-refractivity contribution is 7.99. The van der Waals surface area contributed by atoms with Crippen LogP contribution in [-0.4, -0.2) is 17.7 Å². The molecule has 0 aromatic heterocycles. The Kier molecular flexibility index (Phi) is 7.34. The van der Waals surface area contributed by atoms with Gasteiger partial charge in [-0.3, -0.25) is 4.79 Å². The van der Waals surface area contributed by atoms with Crippen molar-refractivity contribution in [2.75, 3.05) is 5.75 Å². The monoisotopic (exact) mass is 403 g/mol. The molecule has 28 heavy (non-hydrogen) atoms. The Labute approximate surface area is 169 Å². The standard InChI is InChI=1S/C22H26FNO3S/c1-3-7-15(2)24-20(25)14-28-13-18-11-19(23)10-17-12-26-22(27-21(17)18)16-8-5-4-6-9-16/h4-6,8-11,15,22H,3,7,12-14H2,1-2H3,(H,24,25)/t15-,22-/m1/s1. The van der Waals surface area contributed by atoms with E-state index in [0.717, 1.165) is 24.0 Å². The third kappa shape index (κ3) is 5.49. The smallest absolute Gasteiger partial charge is 0.230 e. The van der Waals surface area contributed by atoms with Gasteiger partial charge < -0.3 is 14.8 Å². The second-order valence-electron chi connectivity index (χ2n) is 6.97. The fourth-order valence-corrected chi connectivity index (χ4v) is 4.04. The molecule has 0 radical (unpaired) electrons.